The summed E-state index contributed by atoms with van der Waals surface area (Å²) in [5, 5.41) is 3.00. The van der Waals surface area contributed by atoms with Gasteiger partial charge in [0.05, 0.1) is 5.41 Å². The minimum Gasteiger partial charge on any atom is -0.325 e. The van der Waals surface area contributed by atoms with Gasteiger partial charge >= 0.3 is 0 Å². The van der Waals surface area contributed by atoms with Crippen LogP contribution in [0.1, 0.15) is 44.5 Å². The van der Waals surface area contributed by atoms with Crippen LogP contribution in [0.5, 0.6) is 0 Å². The molecule has 1 amide bonds. The number of carbonyl (C=O) groups is 1. The molecule has 1 aromatic carbocycles. The number of rotatable bonds is 5. The maximum absolute atomic E-state index is 13.5. The first-order valence-corrected chi connectivity index (χ1v) is 10.7. The minimum absolute atomic E-state index is 0.0318. The van der Waals surface area contributed by atoms with Gasteiger partial charge in [0.1, 0.15) is 17.5 Å². The maximum atomic E-state index is 13.5. The number of amides is 1. The van der Waals surface area contributed by atoms with Gasteiger partial charge in [-0.3, -0.25) is 4.79 Å². The summed E-state index contributed by atoms with van der Waals surface area (Å²) in [5.74, 6) is -0.0788. The molecule has 0 bridgehead atoms. The lowest BCUT2D eigenvalue weighted by Gasteiger charge is -2.27. The van der Waals surface area contributed by atoms with Gasteiger partial charge in [0.2, 0.25) is 5.91 Å². The van der Waals surface area contributed by atoms with Gasteiger partial charge < -0.3 is 9.88 Å². The Labute approximate surface area is 184 Å². The summed E-state index contributed by atoms with van der Waals surface area (Å²) in [6.07, 6.45) is 8.52. The number of aryl methyl sites for hydroxylation is 1. The van der Waals surface area contributed by atoms with Gasteiger partial charge in [-0.2, -0.15) is 0 Å². The SMILES string of the molecule is CCn1c(C(F)F)nc2c(-c3ccc4c(c3)C(C)(CC3C=CC=CC3)C(=O)N4)ncnc21. The highest BCUT2D eigenvalue weighted by atomic mass is 19.3. The number of fused-ring (bicyclic) bond motifs is 2. The van der Waals surface area contributed by atoms with Crippen LogP contribution in [0.15, 0.2) is 48.8 Å². The molecule has 2 aromatic heterocycles. The number of anilines is 1. The molecule has 1 aliphatic heterocycles. The summed E-state index contributed by atoms with van der Waals surface area (Å²) in [6.45, 7) is 4.07. The summed E-state index contributed by atoms with van der Waals surface area (Å²) in [7, 11) is 0. The number of aromatic nitrogens is 4. The van der Waals surface area contributed by atoms with E-state index in [9.17, 15) is 13.6 Å². The molecule has 3 aromatic rings. The van der Waals surface area contributed by atoms with Crippen molar-refractivity contribution in [3.63, 3.8) is 0 Å². The molecular formula is C24H23F2N5O. The number of nitrogens with one attached hydrogen (secondary N) is 1. The number of carbonyl (C=O) groups excluding carboxylic acids is 1. The van der Waals surface area contributed by atoms with Crippen LogP contribution in [0.4, 0.5) is 14.5 Å². The molecule has 0 saturated heterocycles. The second-order valence-electron chi connectivity index (χ2n) is 8.47. The molecule has 0 radical (unpaired) electrons. The van der Waals surface area contributed by atoms with Crippen molar-refractivity contribution in [1.29, 1.82) is 0 Å². The number of alkyl halides is 2. The van der Waals surface area contributed by atoms with Crippen molar-refractivity contribution >= 4 is 22.8 Å². The largest absolute Gasteiger partial charge is 0.325 e. The first-order valence-electron chi connectivity index (χ1n) is 10.7. The topological polar surface area (TPSA) is 72.7 Å². The highest BCUT2D eigenvalue weighted by Crippen LogP contribution is 2.45. The van der Waals surface area contributed by atoms with Gasteiger partial charge in [0, 0.05) is 17.8 Å². The number of benzene rings is 1. The van der Waals surface area contributed by atoms with Crippen molar-refractivity contribution < 1.29 is 13.6 Å². The highest BCUT2D eigenvalue weighted by molar-refractivity contribution is 6.06. The molecule has 164 valence electrons. The van der Waals surface area contributed by atoms with E-state index in [1.807, 2.05) is 37.3 Å². The highest BCUT2D eigenvalue weighted by Gasteiger charge is 2.44. The minimum atomic E-state index is -2.71. The Balaban J connectivity index is 1.61. The predicted octanol–water partition coefficient (Wildman–Crippen LogP) is 5.18. The molecule has 5 rings (SSSR count). The third-order valence-electron chi connectivity index (χ3n) is 6.45. The Bertz CT molecular complexity index is 1280. The molecule has 32 heavy (non-hydrogen) atoms. The normalized spacial score (nSPS) is 22.0. The lowest BCUT2D eigenvalue weighted by molar-refractivity contribution is -0.120. The van der Waals surface area contributed by atoms with E-state index in [2.05, 4.69) is 32.4 Å². The number of halogens is 2. The molecule has 3 heterocycles. The average molecular weight is 435 g/mol. The second kappa shape index (κ2) is 7.62. The third kappa shape index (κ3) is 3.13. The number of hydrogen-bond acceptors (Lipinski definition) is 4. The summed E-state index contributed by atoms with van der Waals surface area (Å²) >= 11 is 0. The number of allylic oxidation sites excluding steroid dienone is 4. The predicted molar refractivity (Wildman–Crippen MR) is 118 cm³/mol. The van der Waals surface area contributed by atoms with Crippen molar-refractivity contribution in [3.8, 4) is 11.3 Å². The Morgan fingerprint density at radius 2 is 2.12 bits per heavy atom. The van der Waals surface area contributed by atoms with Crippen LogP contribution in [0.3, 0.4) is 0 Å². The molecule has 2 unspecified atom stereocenters. The summed E-state index contributed by atoms with van der Waals surface area (Å²) in [4.78, 5) is 25.7. The summed E-state index contributed by atoms with van der Waals surface area (Å²) in [5.41, 5.74) is 2.88. The summed E-state index contributed by atoms with van der Waals surface area (Å²) in [6, 6.07) is 5.62. The fourth-order valence-electron chi connectivity index (χ4n) is 4.79. The average Bonchev–Trinajstić information content (AvgIpc) is 3.29. The zero-order chi connectivity index (χ0) is 22.5. The number of imidazole rings is 1. The van der Waals surface area contributed by atoms with E-state index in [1.54, 1.807) is 6.92 Å². The smallest absolute Gasteiger partial charge is 0.295 e. The quantitative estimate of drug-likeness (QED) is 0.599. The van der Waals surface area contributed by atoms with E-state index in [4.69, 9.17) is 0 Å². The van der Waals surface area contributed by atoms with Gasteiger partial charge in [-0.1, -0.05) is 30.4 Å². The van der Waals surface area contributed by atoms with Crippen LogP contribution in [-0.2, 0) is 16.8 Å². The van der Waals surface area contributed by atoms with Crippen LogP contribution < -0.4 is 5.32 Å². The zero-order valence-electron chi connectivity index (χ0n) is 17.8. The molecule has 2 aliphatic rings. The molecule has 1 N–H and O–H groups in total. The van der Waals surface area contributed by atoms with Gasteiger partial charge in [0.15, 0.2) is 11.5 Å². The van der Waals surface area contributed by atoms with Crippen LogP contribution in [-0.4, -0.2) is 25.4 Å². The van der Waals surface area contributed by atoms with Crippen molar-refractivity contribution in [2.75, 3.05) is 5.32 Å². The van der Waals surface area contributed by atoms with Crippen LogP contribution in [0, 0.1) is 5.92 Å². The van der Waals surface area contributed by atoms with Gasteiger partial charge in [-0.25, -0.2) is 23.7 Å². The van der Waals surface area contributed by atoms with Gasteiger partial charge in [0.25, 0.3) is 6.43 Å². The summed E-state index contributed by atoms with van der Waals surface area (Å²) < 4.78 is 28.5. The van der Waals surface area contributed by atoms with Crippen LogP contribution in [0.25, 0.3) is 22.4 Å². The van der Waals surface area contributed by atoms with E-state index in [-0.39, 0.29) is 17.6 Å². The third-order valence-corrected chi connectivity index (χ3v) is 6.45. The fourth-order valence-corrected chi connectivity index (χ4v) is 4.79. The second-order valence-corrected chi connectivity index (χ2v) is 8.47. The van der Waals surface area contributed by atoms with Crippen molar-refractivity contribution in [2.45, 2.75) is 45.1 Å². The van der Waals surface area contributed by atoms with Gasteiger partial charge in [-0.15, -0.1) is 0 Å². The lowest BCUT2D eigenvalue weighted by Crippen LogP contribution is -2.33. The maximum Gasteiger partial charge on any atom is 0.295 e. The standard InChI is InChI=1S/C24H23F2N5O/c1-3-31-21-19(30-22(31)20(25)26)18(27-13-28-21)15-9-10-17-16(11-15)24(2,23(32)29-17)12-14-7-5-4-6-8-14/h4-7,9-11,13-14,20H,3,8,12H2,1-2H3,(H,29,32). The Morgan fingerprint density at radius 1 is 1.28 bits per heavy atom. The zero-order valence-corrected chi connectivity index (χ0v) is 17.8. The van der Waals surface area contributed by atoms with E-state index in [0.717, 1.165) is 23.2 Å². The molecule has 0 saturated carbocycles. The molecular weight excluding hydrogens is 412 g/mol. The van der Waals surface area contributed by atoms with E-state index >= 15 is 0 Å². The van der Waals surface area contributed by atoms with Crippen LogP contribution >= 0.6 is 0 Å². The van der Waals surface area contributed by atoms with E-state index < -0.39 is 11.8 Å². The number of hydrogen-bond donors (Lipinski definition) is 1. The van der Waals surface area contributed by atoms with Crippen molar-refractivity contribution in [1.82, 2.24) is 19.5 Å². The number of nitrogens with zero attached hydrogens (tertiary/aromatic N) is 4. The van der Waals surface area contributed by atoms with E-state index in [0.29, 0.717) is 29.8 Å². The van der Waals surface area contributed by atoms with E-state index in [1.165, 1.54) is 10.9 Å². The van der Waals surface area contributed by atoms with Crippen molar-refractivity contribution in [3.05, 3.63) is 60.2 Å². The van der Waals surface area contributed by atoms with Crippen molar-refractivity contribution in [2.24, 2.45) is 5.92 Å². The Kier molecular flexibility index (Phi) is 4.87. The molecule has 6 nitrogen and oxygen atoms in total. The monoisotopic (exact) mass is 435 g/mol. The fraction of sp³-hybridized carbons (Fsp3) is 0.333. The molecule has 2 atom stereocenters. The Hall–Kier alpha value is -3.42. The molecule has 8 heteroatoms. The first kappa shape index (κ1) is 20.5. The Morgan fingerprint density at radius 3 is 2.84 bits per heavy atom. The molecule has 1 aliphatic carbocycles. The molecule has 0 spiro atoms. The van der Waals surface area contributed by atoms with Crippen LogP contribution in [0.2, 0.25) is 0 Å². The molecule has 0 fully saturated rings. The van der Waals surface area contributed by atoms with Gasteiger partial charge in [-0.05, 0) is 50.3 Å². The lowest BCUT2D eigenvalue weighted by atomic mass is 9.74. The first-order chi connectivity index (χ1) is 15.4.